The first-order chi connectivity index (χ1) is 12.4. The monoisotopic (exact) mass is 376 g/mol. The number of pyridine rings is 1. The molecule has 0 aliphatic carbocycles. The van der Waals surface area contributed by atoms with Gasteiger partial charge in [-0.2, -0.15) is 23.1 Å². The number of alkyl halides is 3. The number of nitriles is 1. The Morgan fingerprint density at radius 3 is 2.62 bits per heavy atom. The van der Waals surface area contributed by atoms with Gasteiger partial charge in [-0.05, 0) is 35.5 Å². The third kappa shape index (κ3) is 3.67. The predicted octanol–water partition coefficient (Wildman–Crippen LogP) is 3.55. The molecule has 6 nitrogen and oxygen atoms in total. The molecule has 2 aromatic heterocycles. The Bertz CT molecular complexity index is 962. The number of para-hydroxylation sites is 1. The third-order valence-corrected chi connectivity index (χ3v) is 4.38. The van der Waals surface area contributed by atoms with E-state index in [4.69, 9.17) is 0 Å². The van der Waals surface area contributed by atoms with Gasteiger partial charge >= 0.3 is 6.18 Å². The predicted molar refractivity (Wildman–Crippen MR) is 87.4 cm³/mol. The maximum absolute atomic E-state index is 13.2. The van der Waals surface area contributed by atoms with Crippen molar-refractivity contribution in [3.63, 3.8) is 0 Å². The molecule has 0 aliphatic rings. The summed E-state index contributed by atoms with van der Waals surface area (Å²) in [6.45, 7) is 1.45. The number of rotatable bonds is 4. The smallest absolute Gasteiger partial charge is 0.245 e. The fraction of sp³-hybridized carbons (Fsp3) is 0.188. The fourth-order valence-electron chi connectivity index (χ4n) is 2.28. The molecule has 0 amide bonds. The van der Waals surface area contributed by atoms with Crippen LogP contribution >= 0.6 is 11.8 Å². The van der Waals surface area contributed by atoms with Crippen molar-refractivity contribution in [2.45, 2.75) is 23.9 Å². The lowest BCUT2D eigenvalue weighted by Gasteiger charge is -2.12. The molecule has 3 aromatic rings. The van der Waals surface area contributed by atoms with E-state index in [1.807, 2.05) is 18.2 Å². The van der Waals surface area contributed by atoms with Crippen LogP contribution in [0.3, 0.4) is 0 Å². The molecule has 0 spiro atoms. The standard InChI is InChI=1S/C16H11F3N6S/c1-10-7-13(16(17,18)19)12(8-20)15(21-10)26-9-14-22-23-24-25(14)11-5-3-2-4-6-11/h2-7H,9H2,1H3. The topological polar surface area (TPSA) is 80.3 Å². The van der Waals surface area contributed by atoms with Gasteiger partial charge in [0.15, 0.2) is 5.82 Å². The van der Waals surface area contributed by atoms with Gasteiger partial charge < -0.3 is 0 Å². The number of halogens is 3. The number of hydrogen-bond donors (Lipinski definition) is 0. The molecule has 1 aromatic carbocycles. The van der Waals surface area contributed by atoms with Crippen molar-refractivity contribution in [2.24, 2.45) is 0 Å². The van der Waals surface area contributed by atoms with Gasteiger partial charge in [0.25, 0.3) is 0 Å². The Morgan fingerprint density at radius 1 is 1.23 bits per heavy atom. The highest BCUT2D eigenvalue weighted by atomic mass is 32.2. The maximum Gasteiger partial charge on any atom is 0.417 e. The van der Waals surface area contributed by atoms with Crippen molar-refractivity contribution in [3.05, 3.63) is 59.0 Å². The number of benzene rings is 1. The Balaban J connectivity index is 1.92. The van der Waals surface area contributed by atoms with Crippen LogP contribution in [0.2, 0.25) is 0 Å². The molecule has 0 N–H and O–H groups in total. The van der Waals surface area contributed by atoms with E-state index in [0.29, 0.717) is 5.82 Å². The molecule has 132 valence electrons. The van der Waals surface area contributed by atoms with Gasteiger partial charge in [0, 0.05) is 5.69 Å². The van der Waals surface area contributed by atoms with Crippen LogP contribution in [-0.2, 0) is 11.9 Å². The van der Waals surface area contributed by atoms with Crippen LogP contribution in [0.5, 0.6) is 0 Å². The summed E-state index contributed by atoms with van der Waals surface area (Å²) in [6.07, 6.45) is -4.63. The number of tetrazole rings is 1. The largest absolute Gasteiger partial charge is 0.417 e. The number of aromatic nitrogens is 5. The summed E-state index contributed by atoms with van der Waals surface area (Å²) in [4.78, 5) is 4.08. The lowest BCUT2D eigenvalue weighted by molar-refractivity contribution is -0.138. The molecule has 0 atom stereocenters. The van der Waals surface area contributed by atoms with E-state index in [0.717, 1.165) is 23.5 Å². The number of thioether (sulfide) groups is 1. The second-order valence-electron chi connectivity index (χ2n) is 5.23. The van der Waals surface area contributed by atoms with E-state index >= 15 is 0 Å². The number of hydrogen-bond acceptors (Lipinski definition) is 6. The Morgan fingerprint density at radius 2 is 1.96 bits per heavy atom. The number of nitrogens with zero attached hydrogens (tertiary/aromatic N) is 6. The molecule has 0 aliphatic heterocycles. The zero-order valence-electron chi connectivity index (χ0n) is 13.4. The molecule has 26 heavy (non-hydrogen) atoms. The number of aryl methyl sites for hydroxylation is 1. The lowest BCUT2D eigenvalue weighted by atomic mass is 10.1. The molecule has 0 saturated carbocycles. The lowest BCUT2D eigenvalue weighted by Crippen LogP contribution is -2.11. The minimum absolute atomic E-state index is 0.00226. The molecule has 3 rings (SSSR count). The first-order valence-corrected chi connectivity index (χ1v) is 8.33. The van der Waals surface area contributed by atoms with Gasteiger partial charge in [0.2, 0.25) is 0 Å². The van der Waals surface area contributed by atoms with Gasteiger partial charge in [-0.3, -0.25) is 0 Å². The summed E-state index contributed by atoms with van der Waals surface area (Å²) in [5.74, 6) is 0.589. The Kier molecular flexibility index (Phi) is 4.90. The molecule has 0 bridgehead atoms. The zero-order chi connectivity index (χ0) is 18.7. The average molecular weight is 376 g/mol. The van der Waals surface area contributed by atoms with Gasteiger partial charge in [-0.1, -0.05) is 30.0 Å². The van der Waals surface area contributed by atoms with Crippen molar-refractivity contribution < 1.29 is 13.2 Å². The molecule has 0 radical (unpaired) electrons. The SMILES string of the molecule is Cc1cc(C(F)(F)F)c(C#N)c(SCc2nnnn2-c2ccccc2)n1. The summed E-state index contributed by atoms with van der Waals surface area (Å²) in [5.41, 5.74) is -0.576. The van der Waals surface area contributed by atoms with Crippen molar-refractivity contribution in [2.75, 3.05) is 0 Å². The van der Waals surface area contributed by atoms with E-state index in [1.54, 1.807) is 18.2 Å². The van der Waals surface area contributed by atoms with E-state index in [1.165, 1.54) is 11.6 Å². The molecule has 0 unspecified atom stereocenters. The summed E-state index contributed by atoms with van der Waals surface area (Å²) >= 11 is 0.986. The Labute approximate surface area is 150 Å². The highest BCUT2D eigenvalue weighted by Crippen LogP contribution is 2.36. The summed E-state index contributed by atoms with van der Waals surface area (Å²) < 4.78 is 41.0. The van der Waals surface area contributed by atoms with Crippen molar-refractivity contribution in [1.29, 1.82) is 5.26 Å². The molecule has 0 fully saturated rings. The van der Waals surface area contributed by atoms with Crippen LogP contribution in [0, 0.1) is 18.3 Å². The van der Waals surface area contributed by atoms with E-state index < -0.39 is 17.3 Å². The van der Waals surface area contributed by atoms with Gasteiger partial charge in [-0.15, -0.1) is 5.10 Å². The van der Waals surface area contributed by atoms with Crippen molar-refractivity contribution in [1.82, 2.24) is 25.2 Å². The molecule has 2 heterocycles. The van der Waals surface area contributed by atoms with Crippen molar-refractivity contribution >= 4 is 11.8 Å². The third-order valence-electron chi connectivity index (χ3n) is 3.40. The first kappa shape index (κ1) is 17.9. The van der Waals surface area contributed by atoms with E-state index in [9.17, 15) is 18.4 Å². The van der Waals surface area contributed by atoms with Crippen molar-refractivity contribution in [3.8, 4) is 11.8 Å². The highest BCUT2D eigenvalue weighted by molar-refractivity contribution is 7.98. The summed E-state index contributed by atoms with van der Waals surface area (Å²) in [6, 6.07) is 11.6. The molecule has 0 saturated heterocycles. The van der Waals surface area contributed by atoms with Gasteiger partial charge in [0.05, 0.1) is 22.6 Å². The van der Waals surface area contributed by atoms with Crippen LogP contribution in [0.25, 0.3) is 5.69 Å². The van der Waals surface area contributed by atoms with Crippen LogP contribution in [0.4, 0.5) is 13.2 Å². The van der Waals surface area contributed by atoms with Crippen LogP contribution in [0.15, 0.2) is 41.4 Å². The van der Waals surface area contributed by atoms with Crippen LogP contribution in [0.1, 0.15) is 22.6 Å². The fourth-order valence-corrected chi connectivity index (χ4v) is 3.23. The summed E-state index contributed by atoms with van der Waals surface area (Å²) in [5, 5.41) is 20.6. The molecular formula is C16H11F3N6S. The first-order valence-electron chi connectivity index (χ1n) is 7.34. The Hall–Kier alpha value is -2.93. The normalized spacial score (nSPS) is 11.3. The van der Waals surface area contributed by atoms with Crippen LogP contribution in [-0.4, -0.2) is 25.2 Å². The van der Waals surface area contributed by atoms with Crippen LogP contribution < -0.4 is 0 Å². The average Bonchev–Trinajstić information content (AvgIpc) is 3.08. The quantitative estimate of drug-likeness (QED) is 0.648. The van der Waals surface area contributed by atoms with E-state index in [-0.39, 0.29) is 16.5 Å². The van der Waals surface area contributed by atoms with E-state index in [2.05, 4.69) is 20.5 Å². The second kappa shape index (κ2) is 7.13. The minimum Gasteiger partial charge on any atom is -0.245 e. The minimum atomic E-state index is -4.63. The second-order valence-corrected chi connectivity index (χ2v) is 6.20. The molecule has 10 heteroatoms. The zero-order valence-corrected chi connectivity index (χ0v) is 14.2. The maximum atomic E-state index is 13.2. The van der Waals surface area contributed by atoms with Gasteiger partial charge in [0.1, 0.15) is 11.1 Å². The summed E-state index contributed by atoms with van der Waals surface area (Å²) in [7, 11) is 0. The molecular weight excluding hydrogens is 365 g/mol. The van der Waals surface area contributed by atoms with Gasteiger partial charge in [-0.25, -0.2) is 4.98 Å². The highest BCUT2D eigenvalue weighted by Gasteiger charge is 2.35.